The van der Waals surface area contributed by atoms with Crippen LogP contribution in [0.15, 0.2) is 0 Å². The molecule has 0 aromatic carbocycles. The van der Waals surface area contributed by atoms with E-state index in [2.05, 4.69) is 45.0 Å². The number of rotatable bonds is 8. The molecule has 1 aliphatic rings. The molecule has 3 heteroatoms. The third-order valence-corrected chi connectivity index (χ3v) is 4.08. The lowest BCUT2D eigenvalue weighted by Gasteiger charge is -2.32. The number of likely N-dealkylation sites (N-methyl/N-ethyl adjacent to an activating group) is 1. The van der Waals surface area contributed by atoms with Gasteiger partial charge in [-0.1, -0.05) is 13.8 Å². The average molecular weight is 256 g/mol. The Morgan fingerprint density at radius 2 is 2.06 bits per heavy atom. The molecule has 0 aromatic rings. The van der Waals surface area contributed by atoms with Crippen LogP contribution in [-0.2, 0) is 4.74 Å². The van der Waals surface area contributed by atoms with Crippen molar-refractivity contribution in [3.05, 3.63) is 0 Å². The molecule has 0 aliphatic carbocycles. The van der Waals surface area contributed by atoms with E-state index in [0.717, 1.165) is 25.6 Å². The van der Waals surface area contributed by atoms with Gasteiger partial charge in [0.1, 0.15) is 0 Å². The van der Waals surface area contributed by atoms with Crippen LogP contribution >= 0.6 is 0 Å². The van der Waals surface area contributed by atoms with Gasteiger partial charge >= 0.3 is 0 Å². The zero-order chi connectivity index (χ0) is 13.5. The van der Waals surface area contributed by atoms with Crippen LogP contribution < -0.4 is 5.32 Å². The summed E-state index contributed by atoms with van der Waals surface area (Å²) in [6, 6.07) is 1.27. The SMILES string of the molecule is CC(C)CNCCCC(C)N(C)C1CCOC1C. The van der Waals surface area contributed by atoms with Crippen LogP contribution in [0.1, 0.15) is 47.0 Å². The minimum absolute atomic E-state index is 0.400. The molecular weight excluding hydrogens is 224 g/mol. The standard InChI is InChI=1S/C15H32N2O/c1-12(2)11-16-9-6-7-13(3)17(5)15-8-10-18-14(15)4/h12-16H,6-11H2,1-5H3. The monoisotopic (exact) mass is 256 g/mol. The molecule has 0 saturated carbocycles. The molecule has 1 rings (SSSR count). The van der Waals surface area contributed by atoms with Crippen molar-refractivity contribution in [2.75, 3.05) is 26.7 Å². The molecule has 0 spiro atoms. The number of nitrogens with zero attached hydrogens (tertiary/aromatic N) is 1. The first-order chi connectivity index (χ1) is 8.52. The van der Waals surface area contributed by atoms with Crippen LogP contribution in [0, 0.1) is 5.92 Å². The number of hydrogen-bond donors (Lipinski definition) is 1. The Morgan fingerprint density at radius 1 is 1.33 bits per heavy atom. The van der Waals surface area contributed by atoms with Gasteiger partial charge in [0.15, 0.2) is 0 Å². The first kappa shape index (κ1) is 15.9. The Labute approximate surface area is 113 Å². The van der Waals surface area contributed by atoms with Gasteiger partial charge in [-0.25, -0.2) is 0 Å². The van der Waals surface area contributed by atoms with E-state index in [9.17, 15) is 0 Å². The molecule has 0 amide bonds. The molecule has 3 atom stereocenters. The third-order valence-electron chi connectivity index (χ3n) is 4.08. The summed E-state index contributed by atoms with van der Waals surface area (Å²) < 4.78 is 5.65. The van der Waals surface area contributed by atoms with E-state index in [1.807, 2.05) is 0 Å². The van der Waals surface area contributed by atoms with Crippen LogP contribution in [0.25, 0.3) is 0 Å². The lowest BCUT2D eigenvalue weighted by molar-refractivity contribution is 0.0685. The van der Waals surface area contributed by atoms with Crippen molar-refractivity contribution in [1.82, 2.24) is 10.2 Å². The molecule has 1 fully saturated rings. The van der Waals surface area contributed by atoms with Gasteiger partial charge in [-0.15, -0.1) is 0 Å². The molecule has 1 heterocycles. The topological polar surface area (TPSA) is 24.5 Å². The molecular formula is C15H32N2O. The molecule has 0 aromatic heterocycles. The maximum atomic E-state index is 5.65. The summed E-state index contributed by atoms with van der Waals surface area (Å²) in [7, 11) is 2.25. The minimum atomic E-state index is 0.400. The minimum Gasteiger partial charge on any atom is -0.377 e. The highest BCUT2D eigenvalue weighted by Gasteiger charge is 2.29. The van der Waals surface area contributed by atoms with Crippen molar-refractivity contribution in [3.8, 4) is 0 Å². The van der Waals surface area contributed by atoms with Crippen molar-refractivity contribution < 1.29 is 4.74 Å². The van der Waals surface area contributed by atoms with Gasteiger partial charge in [-0.3, -0.25) is 4.90 Å². The highest BCUT2D eigenvalue weighted by Crippen LogP contribution is 2.21. The van der Waals surface area contributed by atoms with E-state index in [0.29, 0.717) is 18.2 Å². The summed E-state index contributed by atoms with van der Waals surface area (Å²) in [4.78, 5) is 2.51. The largest absolute Gasteiger partial charge is 0.377 e. The highest BCUT2D eigenvalue weighted by atomic mass is 16.5. The highest BCUT2D eigenvalue weighted by molar-refractivity contribution is 4.83. The Kier molecular flexibility index (Phi) is 7.20. The second-order valence-corrected chi connectivity index (χ2v) is 6.19. The second kappa shape index (κ2) is 8.13. The smallest absolute Gasteiger partial charge is 0.0703 e. The van der Waals surface area contributed by atoms with Gasteiger partial charge in [0.25, 0.3) is 0 Å². The molecule has 1 N–H and O–H groups in total. The summed E-state index contributed by atoms with van der Waals surface area (Å²) >= 11 is 0. The van der Waals surface area contributed by atoms with Gasteiger partial charge in [0, 0.05) is 18.7 Å². The van der Waals surface area contributed by atoms with E-state index < -0.39 is 0 Å². The van der Waals surface area contributed by atoms with Gasteiger partial charge in [-0.2, -0.15) is 0 Å². The Balaban J connectivity index is 2.13. The van der Waals surface area contributed by atoms with Gasteiger partial charge < -0.3 is 10.1 Å². The summed E-state index contributed by atoms with van der Waals surface area (Å²) in [5.41, 5.74) is 0. The van der Waals surface area contributed by atoms with E-state index >= 15 is 0 Å². The van der Waals surface area contributed by atoms with Crippen LogP contribution in [0.3, 0.4) is 0 Å². The summed E-state index contributed by atoms with van der Waals surface area (Å²) in [5, 5.41) is 3.51. The summed E-state index contributed by atoms with van der Waals surface area (Å²) in [6.45, 7) is 12.3. The molecule has 0 bridgehead atoms. The number of nitrogens with one attached hydrogen (secondary N) is 1. The van der Waals surface area contributed by atoms with Crippen LogP contribution in [0.4, 0.5) is 0 Å². The molecule has 3 unspecified atom stereocenters. The van der Waals surface area contributed by atoms with E-state index in [1.165, 1.54) is 19.3 Å². The first-order valence-corrected chi connectivity index (χ1v) is 7.56. The van der Waals surface area contributed by atoms with Crippen molar-refractivity contribution in [2.45, 2.75) is 65.1 Å². The van der Waals surface area contributed by atoms with Crippen LogP contribution in [0.2, 0.25) is 0 Å². The molecule has 1 aliphatic heterocycles. The van der Waals surface area contributed by atoms with Crippen molar-refractivity contribution in [2.24, 2.45) is 5.92 Å². The third kappa shape index (κ3) is 5.25. The van der Waals surface area contributed by atoms with E-state index in [1.54, 1.807) is 0 Å². The lowest BCUT2D eigenvalue weighted by atomic mass is 10.1. The normalized spacial score (nSPS) is 26.2. The van der Waals surface area contributed by atoms with E-state index in [-0.39, 0.29) is 0 Å². The fraction of sp³-hybridized carbons (Fsp3) is 1.00. The fourth-order valence-electron chi connectivity index (χ4n) is 2.70. The summed E-state index contributed by atoms with van der Waals surface area (Å²) in [6.07, 6.45) is 4.12. The molecule has 18 heavy (non-hydrogen) atoms. The maximum absolute atomic E-state index is 5.65. The quantitative estimate of drug-likeness (QED) is 0.675. The van der Waals surface area contributed by atoms with Gasteiger partial charge in [-0.05, 0) is 59.2 Å². The van der Waals surface area contributed by atoms with Crippen LogP contribution in [0.5, 0.6) is 0 Å². The lowest BCUT2D eigenvalue weighted by Crippen LogP contribution is -2.42. The molecule has 3 nitrogen and oxygen atoms in total. The maximum Gasteiger partial charge on any atom is 0.0703 e. The van der Waals surface area contributed by atoms with Gasteiger partial charge in [0.05, 0.1) is 6.10 Å². The predicted octanol–water partition coefficient (Wildman–Crippen LogP) is 2.51. The first-order valence-electron chi connectivity index (χ1n) is 7.56. The van der Waals surface area contributed by atoms with Crippen molar-refractivity contribution >= 4 is 0 Å². The molecule has 0 radical (unpaired) electrons. The number of hydrogen-bond acceptors (Lipinski definition) is 3. The Bertz CT molecular complexity index is 221. The summed E-state index contributed by atoms with van der Waals surface area (Å²) in [5.74, 6) is 0.751. The predicted molar refractivity (Wildman–Crippen MR) is 78.0 cm³/mol. The Hall–Kier alpha value is -0.120. The molecule has 1 saturated heterocycles. The zero-order valence-electron chi connectivity index (χ0n) is 12.9. The van der Waals surface area contributed by atoms with E-state index in [4.69, 9.17) is 4.74 Å². The second-order valence-electron chi connectivity index (χ2n) is 6.19. The van der Waals surface area contributed by atoms with Crippen molar-refractivity contribution in [3.63, 3.8) is 0 Å². The number of ether oxygens (including phenoxy) is 1. The molecule has 108 valence electrons. The average Bonchev–Trinajstić information content (AvgIpc) is 2.73. The Morgan fingerprint density at radius 3 is 2.61 bits per heavy atom. The fourth-order valence-corrected chi connectivity index (χ4v) is 2.70. The zero-order valence-corrected chi connectivity index (χ0v) is 12.9. The van der Waals surface area contributed by atoms with Crippen LogP contribution in [-0.4, -0.2) is 49.8 Å². The van der Waals surface area contributed by atoms with Crippen molar-refractivity contribution in [1.29, 1.82) is 0 Å². The van der Waals surface area contributed by atoms with Gasteiger partial charge in [0.2, 0.25) is 0 Å².